The van der Waals surface area contributed by atoms with Gasteiger partial charge in [0, 0.05) is 12.0 Å². The molecule has 2 aromatic carbocycles. The van der Waals surface area contributed by atoms with Crippen molar-refractivity contribution in [3.8, 4) is 0 Å². The molecular formula is C20H20N2O5S. The Bertz CT molecular complexity index is 853. The predicted molar refractivity (Wildman–Crippen MR) is 107 cm³/mol. The molecule has 0 aliphatic rings. The maximum Gasteiger partial charge on any atom is 0.337 e. The Morgan fingerprint density at radius 1 is 0.929 bits per heavy atom. The molecule has 2 rings (SSSR count). The van der Waals surface area contributed by atoms with Gasteiger partial charge in [-0.1, -0.05) is 30.3 Å². The average Bonchev–Trinajstić information content (AvgIpc) is 2.72. The van der Waals surface area contributed by atoms with Crippen molar-refractivity contribution >= 4 is 35.2 Å². The SMILES string of the molecule is COC(=O)c1ccc(C(=O)NC(=S)NC(Cc2ccccc2)C(=O)OC)cc1. The fourth-order valence-electron chi connectivity index (χ4n) is 2.43. The molecule has 146 valence electrons. The van der Waals surface area contributed by atoms with Crippen LogP contribution in [0.5, 0.6) is 0 Å². The zero-order chi connectivity index (χ0) is 20.5. The molecule has 8 heteroatoms. The van der Waals surface area contributed by atoms with Crippen molar-refractivity contribution in [2.24, 2.45) is 0 Å². The summed E-state index contributed by atoms with van der Waals surface area (Å²) in [6.45, 7) is 0. The number of hydrogen-bond donors (Lipinski definition) is 2. The van der Waals surface area contributed by atoms with Crippen LogP contribution in [0.4, 0.5) is 0 Å². The summed E-state index contributed by atoms with van der Waals surface area (Å²) in [5.41, 5.74) is 1.54. The average molecular weight is 400 g/mol. The minimum atomic E-state index is -0.748. The van der Waals surface area contributed by atoms with Crippen LogP contribution in [0.1, 0.15) is 26.3 Å². The molecule has 1 atom stereocenters. The molecule has 2 aromatic rings. The maximum atomic E-state index is 12.3. The molecule has 2 N–H and O–H groups in total. The second kappa shape index (κ2) is 10.2. The molecule has 1 unspecified atom stereocenters. The van der Waals surface area contributed by atoms with Gasteiger partial charge in [-0.25, -0.2) is 9.59 Å². The van der Waals surface area contributed by atoms with E-state index in [9.17, 15) is 14.4 Å². The number of ether oxygens (including phenoxy) is 2. The number of nitrogens with one attached hydrogen (secondary N) is 2. The number of methoxy groups -OCH3 is 2. The van der Waals surface area contributed by atoms with Gasteiger partial charge in [-0.15, -0.1) is 0 Å². The highest BCUT2D eigenvalue weighted by molar-refractivity contribution is 7.80. The summed E-state index contributed by atoms with van der Waals surface area (Å²) in [6.07, 6.45) is 0.345. The third-order valence-electron chi connectivity index (χ3n) is 3.87. The van der Waals surface area contributed by atoms with Crippen LogP contribution in [0.15, 0.2) is 54.6 Å². The summed E-state index contributed by atoms with van der Waals surface area (Å²) in [6, 6.07) is 14.5. The Hall–Kier alpha value is -3.26. The van der Waals surface area contributed by atoms with Gasteiger partial charge < -0.3 is 14.8 Å². The van der Waals surface area contributed by atoms with Gasteiger partial charge in [-0.2, -0.15) is 0 Å². The molecule has 0 aliphatic carbocycles. The standard InChI is InChI=1S/C20H20N2O5S/c1-26-18(24)15-10-8-14(9-11-15)17(23)22-20(28)21-16(19(25)27-2)12-13-6-4-3-5-7-13/h3-11,16H,12H2,1-2H3,(H2,21,22,23,28). The molecule has 0 saturated carbocycles. The summed E-state index contributed by atoms with van der Waals surface area (Å²) in [5, 5.41) is 5.31. The second-order valence-electron chi connectivity index (χ2n) is 5.76. The van der Waals surface area contributed by atoms with E-state index in [1.165, 1.54) is 38.5 Å². The molecule has 0 aromatic heterocycles. The molecule has 0 heterocycles. The number of amides is 1. The van der Waals surface area contributed by atoms with Crippen LogP contribution >= 0.6 is 12.2 Å². The van der Waals surface area contributed by atoms with Gasteiger partial charge in [0.25, 0.3) is 5.91 Å². The first kappa shape index (κ1) is 21.0. The van der Waals surface area contributed by atoms with E-state index in [-0.39, 0.29) is 5.11 Å². The summed E-state index contributed by atoms with van der Waals surface area (Å²) in [5.74, 6) is -1.47. The lowest BCUT2D eigenvalue weighted by Gasteiger charge is -2.18. The van der Waals surface area contributed by atoms with Gasteiger partial charge in [0.1, 0.15) is 6.04 Å². The van der Waals surface area contributed by atoms with Gasteiger partial charge in [0.2, 0.25) is 0 Å². The molecule has 0 fully saturated rings. The first-order valence-corrected chi connectivity index (χ1v) is 8.77. The molecule has 0 radical (unpaired) electrons. The minimum Gasteiger partial charge on any atom is -0.467 e. The molecule has 1 amide bonds. The van der Waals surface area contributed by atoms with E-state index < -0.39 is 23.9 Å². The van der Waals surface area contributed by atoms with Crippen molar-refractivity contribution in [3.63, 3.8) is 0 Å². The monoisotopic (exact) mass is 400 g/mol. The first-order valence-electron chi connectivity index (χ1n) is 8.36. The molecule has 0 saturated heterocycles. The highest BCUT2D eigenvalue weighted by atomic mass is 32.1. The zero-order valence-corrected chi connectivity index (χ0v) is 16.2. The van der Waals surface area contributed by atoms with Crippen molar-refractivity contribution in [2.75, 3.05) is 14.2 Å². The van der Waals surface area contributed by atoms with E-state index >= 15 is 0 Å². The van der Waals surface area contributed by atoms with E-state index in [0.29, 0.717) is 17.5 Å². The van der Waals surface area contributed by atoms with Crippen LogP contribution in [0.3, 0.4) is 0 Å². The molecule has 7 nitrogen and oxygen atoms in total. The molecule has 28 heavy (non-hydrogen) atoms. The fourth-order valence-corrected chi connectivity index (χ4v) is 2.67. The smallest absolute Gasteiger partial charge is 0.337 e. The van der Waals surface area contributed by atoms with Gasteiger partial charge in [-0.05, 0) is 42.0 Å². The van der Waals surface area contributed by atoms with Crippen molar-refractivity contribution in [2.45, 2.75) is 12.5 Å². The summed E-state index contributed by atoms with van der Waals surface area (Å²) in [4.78, 5) is 35.8. The zero-order valence-electron chi connectivity index (χ0n) is 15.4. The Balaban J connectivity index is 2.00. The Labute approximate surface area is 168 Å². The molecule has 0 bridgehead atoms. The van der Waals surface area contributed by atoms with Crippen LogP contribution < -0.4 is 10.6 Å². The summed E-state index contributed by atoms with van der Waals surface area (Å²) in [7, 11) is 2.56. The largest absolute Gasteiger partial charge is 0.467 e. The number of rotatable bonds is 6. The van der Waals surface area contributed by atoms with Gasteiger partial charge in [-0.3, -0.25) is 10.1 Å². The third kappa shape index (κ3) is 5.88. The summed E-state index contributed by atoms with van der Waals surface area (Å²) >= 11 is 5.15. The van der Waals surface area contributed by atoms with Crippen LogP contribution in [0.25, 0.3) is 0 Å². The predicted octanol–water partition coefficient (Wildman–Crippen LogP) is 1.86. The minimum absolute atomic E-state index is 0.00613. The van der Waals surface area contributed by atoms with E-state index in [2.05, 4.69) is 15.4 Å². The number of carbonyl (C=O) groups is 3. The molecule has 0 spiro atoms. The van der Waals surface area contributed by atoms with E-state index in [4.69, 9.17) is 17.0 Å². The number of esters is 2. The van der Waals surface area contributed by atoms with E-state index in [1.54, 1.807) is 0 Å². The number of thiocarbonyl (C=S) groups is 1. The maximum absolute atomic E-state index is 12.3. The van der Waals surface area contributed by atoms with Crippen LogP contribution in [0, 0.1) is 0 Å². The highest BCUT2D eigenvalue weighted by Crippen LogP contribution is 2.07. The van der Waals surface area contributed by atoms with Gasteiger partial charge >= 0.3 is 11.9 Å². The lowest BCUT2D eigenvalue weighted by atomic mass is 10.1. The van der Waals surface area contributed by atoms with Crippen molar-refractivity contribution in [3.05, 3.63) is 71.3 Å². The normalized spacial score (nSPS) is 11.1. The quantitative estimate of drug-likeness (QED) is 0.565. The van der Waals surface area contributed by atoms with Crippen molar-refractivity contribution in [1.29, 1.82) is 0 Å². The molecule has 0 aliphatic heterocycles. The van der Waals surface area contributed by atoms with Crippen LogP contribution in [0.2, 0.25) is 0 Å². The van der Waals surface area contributed by atoms with Crippen molar-refractivity contribution < 1.29 is 23.9 Å². The van der Waals surface area contributed by atoms with E-state index in [0.717, 1.165) is 5.56 Å². The molecular weight excluding hydrogens is 380 g/mol. The fraction of sp³-hybridized carbons (Fsp3) is 0.200. The lowest BCUT2D eigenvalue weighted by molar-refractivity contribution is -0.142. The number of carbonyl (C=O) groups excluding carboxylic acids is 3. The Kier molecular flexibility index (Phi) is 7.65. The second-order valence-corrected chi connectivity index (χ2v) is 6.17. The third-order valence-corrected chi connectivity index (χ3v) is 4.09. The Morgan fingerprint density at radius 2 is 1.54 bits per heavy atom. The Morgan fingerprint density at radius 3 is 2.11 bits per heavy atom. The van der Waals surface area contributed by atoms with Crippen molar-refractivity contribution in [1.82, 2.24) is 10.6 Å². The topological polar surface area (TPSA) is 93.7 Å². The van der Waals surface area contributed by atoms with Gasteiger partial charge in [0.15, 0.2) is 5.11 Å². The van der Waals surface area contributed by atoms with Crippen LogP contribution in [-0.4, -0.2) is 43.2 Å². The van der Waals surface area contributed by atoms with Crippen LogP contribution in [-0.2, 0) is 20.7 Å². The van der Waals surface area contributed by atoms with E-state index in [1.807, 2.05) is 30.3 Å². The highest BCUT2D eigenvalue weighted by Gasteiger charge is 2.21. The number of benzene rings is 2. The summed E-state index contributed by atoms with van der Waals surface area (Å²) < 4.78 is 9.42. The van der Waals surface area contributed by atoms with Gasteiger partial charge in [0.05, 0.1) is 19.8 Å². The first-order chi connectivity index (χ1) is 13.4. The lowest BCUT2D eigenvalue weighted by Crippen LogP contribution is -2.49. The number of hydrogen-bond acceptors (Lipinski definition) is 6.